The Labute approximate surface area is 127 Å². The molecule has 4 atom stereocenters. The van der Waals surface area contributed by atoms with Gasteiger partial charge in [-0.3, -0.25) is 9.69 Å². The van der Waals surface area contributed by atoms with Crippen molar-refractivity contribution in [3.63, 3.8) is 0 Å². The number of aliphatic hydroxyl groups is 1. The van der Waals surface area contributed by atoms with Gasteiger partial charge in [-0.1, -0.05) is 31.2 Å². The lowest BCUT2D eigenvalue weighted by atomic mass is 9.99. The summed E-state index contributed by atoms with van der Waals surface area (Å²) in [5.74, 6) is 1.16. The van der Waals surface area contributed by atoms with Gasteiger partial charge in [0.1, 0.15) is 0 Å². The van der Waals surface area contributed by atoms with Crippen LogP contribution in [0.15, 0.2) is 24.3 Å². The quantitative estimate of drug-likeness (QED) is 0.865. The number of aryl methyl sites for hydroxylation is 1. The molecule has 4 unspecified atom stereocenters. The molecular weight excluding hydrogens is 262 g/mol. The third-order valence-corrected chi connectivity index (χ3v) is 5.42. The smallest absolute Gasteiger partial charge is 0.179 e. The second-order valence-electron chi connectivity index (χ2n) is 6.61. The summed E-state index contributed by atoms with van der Waals surface area (Å²) in [6.45, 7) is 5.95. The van der Waals surface area contributed by atoms with Crippen molar-refractivity contribution in [3.8, 4) is 0 Å². The van der Waals surface area contributed by atoms with E-state index in [0.717, 1.165) is 37.9 Å². The second kappa shape index (κ2) is 5.90. The van der Waals surface area contributed by atoms with Gasteiger partial charge in [0.05, 0.1) is 12.1 Å². The average Bonchev–Trinajstić information content (AvgIpc) is 3.08. The molecule has 0 amide bonds. The molecule has 0 bridgehead atoms. The van der Waals surface area contributed by atoms with Gasteiger partial charge in [0.15, 0.2) is 5.78 Å². The van der Waals surface area contributed by atoms with Crippen LogP contribution in [0.3, 0.4) is 0 Å². The number of benzene rings is 1. The summed E-state index contributed by atoms with van der Waals surface area (Å²) < 4.78 is 0. The Hall–Kier alpha value is -1.19. The Bertz CT molecular complexity index is 510. The maximum Gasteiger partial charge on any atom is 0.179 e. The van der Waals surface area contributed by atoms with Gasteiger partial charge in [-0.2, -0.15) is 0 Å². The largest absolute Gasteiger partial charge is 0.393 e. The summed E-state index contributed by atoms with van der Waals surface area (Å²) in [5.41, 5.74) is 2.07. The standard InChI is InChI=1S/C18H25NO2/c1-3-13-4-6-14(7-5-13)18(21)12(2)19-10-15-8-9-17(20)16(15)11-19/h4-7,12,15-17,20H,3,8-11H2,1-2H3. The first-order valence-corrected chi connectivity index (χ1v) is 8.15. The molecule has 0 aromatic heterocycles. The zero-order valence-electron chi connectivity index (χ0n) is 13.0. The van der Waals surface area contributed by atoms with E-state index in [2.05, 4.69) is 11.8 Å². The minimum atomic E-state index is -0.161. The monoisotopic (exact) mass is 287 g/mol. The highest BCUT2D eigenvalue weighted by molar-refractivity contribution is 5.99. The van der Waals surface area contributed by atoms with Gasteiger partial charge in [-0.25, -0.2) is 0 Å². The Morgan fingerprint density at radius 1 is 1.29 bits per heavy atom. The summed E-state index contributed by atoms with van der Waals surface area (Å²) >= 11 is 0. The molecule has 1 aliphatic carbocycles. The van der Waals surface area contributed by atoms with Crippen LogP contribution in [0.5, 0.6) is 0 Å². The van der Waals surface area contributed by atoms with Crippen LogP contribution in [0.4, 0.5) is 0 Å². The molecule has 1 heterocycles. The van der Waals surface area contributed by atoms with Gasteiger partial charge in [0.2, 0.25) is 0 Å². The summed E-state index contributed by atoms with van der Waals surface area (Å²) in [6.07, 6.45) is 2.88. The van der Waals surface area contributed by atoms with Crippen LogP contribution >= 0.6 is 0 Å². The molecule has 1 N–H and O–H groups in total. The lowest BCUT2D eigenvalue weighted by molar-refractivity contribution is 0.0826. The number of carbonyl (C=O) groups is 1. The highest BCUT2D eigenvalue weighted by atomic mass is 16.3. The fraction of sp³-hybridized carbons (Fsp3) is 0.611. The molecule has 21 heavy (non-hydrogen) atoms. The maximum absolute atomic E-state index is 12.6. The molecule has 3 rings (SSSR count). The van der Waals surface area contributed by atoms with Crippen LogP contribution in [0.25, 0.3) is 0 Å². The zero-order chi connectivity index (χ0) is 15.0. The number of rotatable bonds is 4. The topological polar surface area (TPSA) is 40.5 Å². The van der Waals surface area contributed by atoms with Crippen LogP contribution in [0.1, 0.15) is 42.6 Å². The van der Waals surface area contributed by atoms with E-state index in [9.17, 15) is 9.90 Å². The Balaban J connectivity index is 1.67. The second-order valence-corrected chi connectivity index (χ2v) is 6.61. The molecule has 1 saturated heterocycles. The number of likely N-dealkylation sites (tertiary alicyclic amines) is 1. The number of ketones is 1. The van der Waals surface area contributed by atoms with Gasteiger partial charge < -0.3 is 5.11 Å². The zero-order valence-corrected chi connectivity index (χ0v) is 13.0. The van der Waals surface area contributed by atoms with Crippen LogP contribution in [0, 0.1) is 11.8 Å². The molecule has 0 spiro atoms. The van der Waals surface area contributed by atoms with Crippen molar-refractivity contribution >= 4 is 5.78 Å². The van der Waals surface area contributed by atoms with E-state index in [1.54, 1.807) is 0 Å². The predicted molar refractivity (Wildman–Crippen MR) is 83.4 cm³/mol. The van der Waals surface area contributed by atoms with Crippen molar-refractivity contribution in [2.24, 2.45) is 11.8 Å². The lowest BCUT2D eigenvalue weighted by Gasteiger charge is -2.24. The van der Waals surface area contributed by atoms with Crippen LogP contribution in [-0.4, -0.2) is 41.0 Å². The summed E-state index contributed by atoms with van der Waals surface area (Å²) in [5, 5.41) is 10.0. The van der Waals surface area contributed by atoms with Gasteiger partial charge in [-0.05, 0) is 37.7 Å². The van der Waals surface area contributed by atoms with E-state index in [4.69, 9.17) is 0 Å². The first-order valence-electron chi connectivity index (χ1n) is 8.15. The molecule has 3 nitrogen and oxygen atoms in total. The van der Waals surface area contributed by atoms with Gasteiger partial charge in [-0.15, -0.1) is 0 Å². The van der Waals surface area contributed by atoms with E-state index in [-0.39, 0.29) is 17.9 Å². The third kappa shape index (κ3) is 2.77. The van der Waals surface area contributed by atoms with Crippen molar-refractivity contribution in [1.29, 1.82) is 0 Å². The molecule has 0 radical (unpaired) electrons. The Morgan fingerprint density at radius 3 is 2.62 bits per heavy atom. The van der Waals surface area contributed by atoms with Crippen molar-refractivity contribution in [1.82, 2.24) is 4.90 Å². The average molecular weight is 287 g/mol. The number of fused-ring (bicyclic) bond motifs is 1. The van der Waals surface area contributed by atoms with E-state index >= 15 is 0 Å². The minimum Gasteiger partial charge on any atom is -0.393 e. The van der Waals surface area contributed by atoms with Crippen molar-refractivity contribution in [2.75, 3.05) is 13.1 Å². The van der Waals surface area contributed by atoms with Gasteiger partial charge in [0, 0.05) is 24.6 Å². The highest BCUT2D eigenvalue weighted by Gasteiger charge is 2.43. The van der Waals surface area contributed by atoms with Gasteiger partial charge in [0.25, 0.3) is 0 Å². The van der Waals surface area contributed by atoms with E-state index in [1.165, 1.54) is 5.56 Å². The molecular formula is C18H25NO2. The van der Waals surface area contributed by atoms with Crippen molar-refractivity contribution in [3.05, 3.63) is 35.4 Å². The maximum atomic E-state index is 12.6. The molecule has 1 aliphatic heterocycles. The summed E-state index contributed by atoms with van der Waals surface area (Å²) in [7, 11) is 0. The SMILES string of the molecule is CCc1ccc(C(=O)C(C)N2CC3CCC(O)C3C2)cc1. The fourth-order valence-electron chi connectivity index (χ4n) is 3.90. The van der Waals surface area contributed by atoms with E-state index < -0.39 is 0 Å². The van der Waals surface area contributed by atoms with Gasteiger partial charge >= 0.3 is 0 Å². The Kier molecular flexibility index (Phi) is 4.14. The number of Topliss-reactive ketones (excluding diaryl/α,β-unsaturated/α-hetero) is 1. The van der Waals surface area contributed by atoms with E-state index in [0.29, 0.717) is 11.8 Å². The highest BCUT2D eigenvalue weighted by Crippen LogP contribution is 2.39. The molecule has 2 aliphatic rings. The van der Waals surface area contributed by atoms with Crippen LogP contribution in [0.2, 0.25) is 0 Å². The fourth-order valence-corrected chi connectivity index (χ4v) is 3.90. The van der Waals surface area contributed by atoms with Crippen molar-refractivity contribution in [2.45, 2.75) is 45.3 Å². The summed E-state index contributed by atoms with van der Waals surface area (Å²) in [6, 6.07) is 7.90. The Morgan fingerprint density at radius 2 is 2.00 bits per heavy atom. The van der Waals surface area contributed by atoms with Crippen LogP contribution in [-0.2, 0) is 6.42 Å². The first kappa shape index (κ1) is 14.7. The predicted octanol–water partition coefficient (Wildman–Crippen LogP) is 2.52. The number of nitrogens with zero attached hydrogens (tertiary/aromatic N) is 1. The molecule has 3 heteroatoms. The molecule has 2 fully saturated rings. The number of hydrogen-bond donors (Lipinski definition) is 1. The molecule has 1 aromatic carbocycles. The molecule has 1 saturated carbocycles. The number of carbonyl (C=O) groups excluding carboxylic acids is 1. The van der Waals surface area contributed by atoms with Crippen molar-refractivity contribution < 1.29 is 9.90 Å². The minimum absolute atomic E-state index is 0.0877. The summed E-state index contributed by atoms with van der Waals surface area (Å²) in [4.78, 5) is 14.9. The number of aliphatic hydroxyl groups excluding tert-OH is 1. The third-order valence-electron chi connectivity index (χ3n) is 5.42. The lowest BCUT2D eigenvalue weighted by Crippen LogP contribution is -2.38. The molecule has 1 aromatic rings. The molecule has 114 valence electrons. The van der Waals surface area contributed by atoms with E-state index in [1.807, 2.05) is 31.2 Å². The van der Waals surface area contributed by atoms with Crippen LogP contribution < -0.4 is 0 Å². The number of hydrogen-bond acceptors (Lipinski definition) is 3. The first-order chi connectivity index (χ1) is 10.1. The normalized spacial score (nSPS) is 30.3.